The molecule has 2 saturated carbocycles. The van der Waals surface area contributed by atoms with Gasteiger partial charge in [0.25, 0.3) is 5.91 Å². The first-order chi connectivity index (χ1) is 25.9. The smallest absolute Gasteiger partial charge is 0.431 e. The number of sulfonamides is 1. The van der Waals surface area contributed by atoms with Crippen molar-refractivity contribution in [2.24, 2.45) is 5.92 Å². The molecular formula is C37H45F3N6O7S2. The van der Waals surface area contributed by atoms with Gasteiger partial charge in [-0.1, -0.05) is 12.2 Å². The predicted molar refractivity (Wildman–Crippen MR) is 199 cm³/mol. The van der Waals surface area contributed by atoms with E-state index >= 15 is 0 Å². The van der Waals surface area contributed by atoms with Gasteiger partial charge in [0.15, 0.2) is 0 Å². The number of rotatable bonds is 7. The van der Waals surface area contributed by atoms with Gasteiger partial charge < -0.3 is 29.5 Å². The van der Waals surface area contributed by atoms with Crippen molar-refractivity contribution in [1.29, 1.82) is 0 Å². The number of nitrogens with one attached hydrogen (secondary N) is 2. The average Bonchev–Trinajstić information content (AvgIpc) is 3.94. The maximum Gasteiger partial charge on any atom is 0.431 e. The summed E-state index contributed by atoms with van der Waals surface area (Å²) in [6.07, 6.45) is 1.72. The third kappa shape index (κ3) is 7.19. The normalized spacial score (nSPS) is 28.8. The summed E-state index contributed by atoms with van der Waals surface area (Å²) < 4.78 is 80.9. The van der Waals surface area contributed by atoms with Crippen molar-refractivity contribution in [3.63, 3.8) is 0 Å². The molecule has 5 aliphatic rings. The van der Waals surface area contributed by atoms with Crippen LogP contribution in [0.15, 0.2) is 41.5 Å². The predicted octanol–water partition coefficient (Wildman–Crippen LogP) is 5.12. The molecule has 1 aromatic carbocycles. The lowest BCUT2D eigenvalue weighted by atomic mass is 10.1. The number of aromatic nitrogens is 1. The number of amides is 4. The highest BCUT2D eigenvalue weighted by molar-refractivity contribution is 8.02. The molecule has 2 aromatic rings. The topological polar surface area (TPSA) is 150 Å². The van der Waals surface area contributed by atoms with Crippen LogP contribution in [0.1, 0.15) is 68.5 Å². The second kappa shape index (κ2) is 14.1. The minimum absolute atomic E-state index is 0.0726. The summed E-state index contributed by atoms with van der Waals surface area (Å²) in [7, 11) is 0.529. The summed E-state index contributed by atoms with van der Waals surface area (Å²) in [5.74, 6) is -0.758. The minimum atomic E-state index is -4.56. The Morgan fingerprint density at radius 3 is 2.56 bits per heavy atom. The van der Waals surface area contributed by atoms with Gasteiger partial charge in [0.1, 0.15) is 40.3 Å². The number of thioether (sulfide) groups is 1. The Labute approximate surface area is 322 Å². The van der Waals surface area contributed by atoms with E-state index in [0.29, 0.717) is 65.9 Å². The van der Waals surface area contributed by atoms with E-state index in [4.69, 9.17) is 14.5 Å². The molecule has 298 valence electrons. The van der Waals surface area contributed by atoms with Gasteiger partial charge in [0.2, 0.25) is 15.9 Å². The lowest BCUT2D eigenvalue weighted by Crippen LogP contribution is -2.58. The van der Waals surface area contributed by atoms with Crippen molar-refractivity contribution in [2.45, 2.75) is 92.8 Å². The van der Waals surface area contributed by atoms with Gasteiger partial charge in [-0.15, -0.1) is 11.8 Å². The molecule has 4 amide bonds. The molecule has 3 aliphatic heterocycles. The number of methoxy groups -OCH3 is 1. The number of pyridine rings is 1. The van der Waals surface area contributed by atoms with Crippen LogP contribution in [0.2, 0.25) is 0 Å². The lowest BCUT2D eigenvalue weighted by molar-refractivity contribution is -0.134. The molecule has 7 rings (SSSR count). The molecular weight excluding hydrogens is 762 g/mol. The van der Waals surface area contributed by atoms with Crippen LogP contribution in [0.25, 0.3) is 10.9 Å². The monoisotopic (exact) mass is 806 g/mol. The molecule has 13 nitrogen and oxygen atoms in total. The van der Waals surface area contributed by atoms with E-state index in [0.717, 1.165) is 28.5 Å². The zero-order valence-electron chi connectivity index (χ0n) is 31.2. The summed E-state index contributed by atoms with van der Waals surface area (Å²) in [5, 5.41) is 3.63. The van der Waals surface area contributed by atoms with Gasteiger partial charge >= 0.3 is 12.2 Å². The van der Waals surface area contributed by atoms with Crippen molar-refractivity contribution in [2.75, 3.05) is 34.3 Å². The van der Waals surface area contributed by atoms with Crippen molar-refractivity contribution in [3.8, 4) is 11.5 Å². The number of aryl methyl sites for hydroxylation is 1. The first kappa shape index (κ1) is 39.1. The number of halogens is 3. The van der Waals surface area contributed by atoms with E-state index in [1.807, 2.05) is 12.2 Å². The average molecular weight is 807 g/mol. The maximum atomic E-state index is 14.2. The highest BCUT2D eigenvalue weighted by atomic mass is 32.2. The largest absolute Gasteiger partial charge is 0.496 e. The number of ether oxygens (including phenoxy) is 2. The van der Waals surface area contributed by atoms with E-state index in [-0.39, 0.29) is 25.3 Å². The summed E-state index contributed by atoms with van der Waals surface area (Å²) in [6, 6.07) is 3.38. The second-order valence-corrected chi connectivity index (χ2v) is 18.5. The van der Waals surface area contributed by atoms with Crippen LogP contribution in [-0.2, 0) is 19.6 Å². The Bertz CT molecular complexity index is 2090. The lowest BCUT2D eigenvalue weighted by Gasteiger charge is -2.30. The maximum absolute atomic E-state index is 14.2. The molecule has 1 unspecified atom stereocenters. The number of hydrogen-bond acceptors (Lipinski definition) is 10. The van der Waals surface area contributed by atoms with E-state index in [2.05, 4.69) is 10.0 Å². The van der Waals surface area contributed by atoms with Crippen LogP contribution in [-0.4, -0.2) is 109 Å². The number of benzene rings is 1. The molecule has 4 heterocycles. The second-order valence-electron chi connectivity index (χ2n) is 15.4. The Hall–Kier alpha value is -4.19. The summed E-state index contributed by atoms with van der Waals surface area (Å²) in [4.78, 5) is 50.8. The molecule has 1 saturated heterocycles. The van der Waals surface area contributed by atoms with E-state index < -0.39 is 67.6 Å². The number of carbonyl (C=O) groups is 3. The van der Waals surface area contributed by atoms with E-state index in [1.54, 1.807) is 44.0 Å². The van der Waals surface area contributed by atoms with Gasteiger partial charge in [-0.25, -0.2) is 18.2 Å². The van der Waals surface area contributed by atoms with Gasteiger partial charge in [-0.05, 0) is 64.5 Å². The minimum Gasteiger partial charge on any atom is -0.496 e. The number of hydrogen-bond donors (Lipinski definition) is 2. The standard InChI is InChI=1S/C37H45F3N6O7S2/c1-21-27(52-5)12-11-24-28(17-25(41-30(21)24)32-45(4)29(20-54-32)37(38,39)40)53-23-16-26-31(47)44(3)15-9-7-6-8-10-22-18-36(22,42-34(49)46(26)19-23)33(48)43-55(50,51)35(2)13-14-35/h8,10-12,17,20,22-23,26,32H,6-7,9,13-16,18-19H2,1-5H3,(H,42,49)(H,43,48)/b10-8-/t22-,23+,26+,32?,36-/m1/s1. The summed E-state index contributed by atoms with van der Waals surface area (Å²) in [5.41, 5.74) is -0.914. The number of urea groups is 1. The molecule has 3 fully saturated rings. The first-order valence-corrected chi connectivity index (χ1v) is 20.7. The van der Waals surface area contributed by atoms with E-state index in [1.165, 1.54) is 19.1 Å². The number of fused-ring (bicyclic) bond motifs is 3. The van der Waals surface area contributed by atoms with Crippen LogP contribution >= 0.6 is 11.8 Å². The van der Waals surface area contributed by atoms with Crippen LogP contribution in [0.3, 0.4) is 0 Å². The fraction of sp³-hybridized carbons (Fsp3) is 0.568. The number of carbonyl (C=O) groups excluding carboxylic acids is 3. The van der Waals surface area contributed by atoms with Crippen molar-refractivity contribution in [1.82, 2.24) is 29.7 Å². The van der Waals surface area contributed by atoms with Gasteiger partial charge in [-0.3, -0.25) is 14.3 Å². The molecule has 2 N–H and O–H groups in total. The SMILES string of the molecule is COc1ccc2c(O[C@H]3C[C@H]4C(=O)N(C)CCCC/C=C\[C@@H]5C[C@@]5(C(=O)NS(=O)(=O)C5(C)CC5)NC(=O)N4C3)cc(C3SC=C(C(F)(F)F)N3C)nc2c1C. The van der Waals surface area contributed by atoms with Crippen LogP contribution in [0, 0.1) is 12.8 Å². The quantitative estimate of drug-likeness (QED) is 0.361. The Morgan fingerprint density at radius 1 is 1.15 bits per heavy atom. The number of nitrogens with zero attached hydrogens (tertiary/aromatic N) is 4. The molecule has 18 heteroatoms. The van der Waals surface area contributed by atoms with Crippen molar-refractivity contribution < 1.29 is 45.4 Å². The van der Waals surface area contributed by atoms with Crippen LogP contribution in [0.5, 0.6) is 11.5 Å². The zero-order chi connectivity index (χ0) is 39.7. The summed E-state index contributed by atoms with van der Waals surface area (Å²) >= 11 is 0.969. The van der Waals surface area contributed by atoms with Crippen LogP contribution in [0.4, 0.5) is 18.0 Å². The van der Waals surface area contributed by atoms with Crippen molar-refractivity contribution in [3.05, 3.63) is 52.7 Å². The molecule has 1 aromatic heterocycles. The third-order valence-electron chi connectivity index (χ3n) is 11.5. The molecule has 5 atom stereocenters. The third-order valence-corrected chi connectivity index (χ3v) is 14.8. The van der Waals surface area contributed by atoms with E-state index in [9.17, 15) is 36.0 Å². The van der Waals surface area contributed by atoms with Gasteiger partial charge in [-0.2, -0.15) is 13.2 Å². The Kier molecular flexibility index (Phi) is 10.00. The molecule has 0 spiro atoms. The Morgan fingerprint density at radius 2 is 1.89 bits per heavy atom. The molecule has 0 bridgehead atoms. The zero-order valence-corrected chi connectivity index (χ0v) is 32.9. The first-order valence-electron chi connectivity index (χ1n) is 18.3. The fourth-order valence-electron chi connectivity index (χ4n) is 7.59. The number of allylic oxidation sites excluding steroid dienone is 2. The molecule has 2 aliphatic carbocycles. The van der Waals surface area contributed by atoms with Gasteiger partial charge in [0.05, 0.1) is 29.6 Å². The highest BCUT2D eigenvalue weighted by Crippen LogP contribution is 2.49. The Balaban J connectivity index is 1.20. The number of alkyl halides is 3. The molecule has 55 heavy (non-hydrogen) atoms. The highest BCUT2D eigenvalue weighted by Gasteiger charge is 2.63. The van der Waals surface area contributed by atoms with Gasteiger partial charge in [0, 0.05) is 55.4 Å². The molecule has 0 radical (unpaired) electrons. The summed E-state index contributed by atoms with van der Waals surface area (Å²) in [6.45, 7) is 3.74. The van der Waals surface area contributed by atoms with Crippen molar-refractivity contribution >= 4 is 50.5 Å². The number of likely N-dealkylation sites (N-methyl/N-ethyl adjacent to an activating group) is 1. The fourth-order valence-corrected chi connectivity index (χ4v) is 10.0. The van der Waals surface area contributed by atoms with Crippen LogP contribution < -0.4 is 19.5 Å².